The number of ether oxygens (including phenoxy) is 3. The van der Waals surface area contributed by atoms with E-state index in [1.54, 1.807) is 7.11 Å². The summed E-state index contributed by atoms with van der Waals surface area (Å²) in [4.78, 5) is 8.97. The van der Waals surface area contributed by atoms with Crippen molar-refractivity contribution in [2.45, 2.75) is 44.8 Å². The van der Waals surface area contributed by atoms with Crippen molar-refractivity contribution in [3.63, 3.8) is 0 Å². The van der Waals surface area contributed by atoms with Crippen LogP contribution >= 0.6 is 24.0 Å². The van der Waals surface area contributed by atoms with E-state index < -0.39 is 0 Å². The molecule has 7 nitrogen and oxygen atoms in total. The summed E-state index contributed by atoms with van der Waals surface area (Å²) < 4.78 is 16.9. The van der Waals surface area contributed by atoms with Crippen LogP contribution in [0.1, 0.15) is 32.6 Å². The number of aliphatic imine (C=N–C) groups is 1. The Kier molecular flexibility index (Phi) is 16.7. The van der Waals surface area contributed by atoms with Crippen molar-refractivity contribution < 1.29 is 14.2 Å². The number of methoxy groups -OCH3 is 1. The SMILES string of the molecule is CCOC(CCN(C)C)CNC(=NC)N1CCC(OCCCOC)CC1.I. The maximum absolute atomic E-state index is 5.94. The first kappa shape index (κ1) is 26.8. The molecule has 1 rings (SSSR count). The van der Waals surface area contributed by atoms with Gasteiger partial charge in [0.2, 0.25) is 0 Å². The Hall–Kier alpha value is -0.160. The number of nitrogens with one attached hydrogen (secondary N) is 1. The number of hydrogen-bond donors (Lipinski definition) is 1. The molecule has 1 saturated heterocycles. The summed E-state index contributed by atoms with van der Waals surface area (Å²) >= 11 is 0. The van der Waals surface area contributed by atoms with Crippen LogP contribution in [0, 0.1) is 0 Å². The number of nitrogens with zero attached hydrogens (tertiary/aromatic N) is 3. The molecule has 1 unspecified atom stereocenters. The van der Waals surface area contributed by atoms with Gasteiger partial charge in [-0.1, -0.05) is 0 Å². The minimum absolute atomic E-state index is 0. The zero-order valence-electron chi connectivity index (χ0n) is 17.9. The maximum Gasteiger partial charge on any atom is 0.193 e. The van der Waals surface area contributed by atoms with Crippen molar-refractivity contribution in [1.29, 1.82) is 0 Å². The van der Waals surface area contributed by atoms with Crippen LogP contribution in [0.25, 0.3) is 0 Å². The Morgan fingerprint density at radius 3 is 2.52 bits per heavy atom. The molecule has 27 heavy (non-hydrogen) atoms. The standard InChI is InChI=1S/C19H40N4O3.HI/c1-6-25-18(8-11-22(3)4)16-21-19(20-2)23-12-9-17(10-13-23)26-15-7-14-24-5;/h17-18H,6-16H2,1-5H3,(H,20,21);1H. The first-order valence-corrected chi connectivity index (χ1v) is 9.93. The fourth-order valence-corrected chi connectivity index (χ4v) is 3.11. The van der Waals surface area contributed by atoms with Gasteiger partial charge in [0.25, 0.3) is 0 Å². The van der Waals surface area contributed by atoms with E-state index in [0.29, 0.717) is 6.10 Å². The molecule has 0 bridgehead atoms. The number of guanidine groups is 1. The molecule has 0 aliphatic carbocycles. The van der Waals surface area contributed by atoms with Gasteiger partial charge in [-0.2, -0.15) is 0 Å². The summed E-state index contributed by atoms with van der Waals surface area (Å²) in [5.74, 6) is 0.970. The molecule has 1 aliphatic heterocycles. The lowest BCUT2D eigenvalue weighted by molar-refractivity contribution is 0.00955. The molecule has 0 amide bonds. The highest BCUT2D eigenvalue weighted by atomic mass is 127. The van der Waals surface area contributed by atoms with Crippen molar-refractivity contribution in [3.05, 3.63) is 0 Å². The Bertz CT molecular complexity index is 378. The number of likely N-dealkylation sites (tertiary alicyclic amines) is 1. The van der Waals surface area contributed by atoms with Crippen LogP contribution in [0.5, 0.6) is 0 Å². The molecule has 162 valence electrons. The van der Waals surface area contributed by atoms with Gasteiger partial charge in [-0.05, 0) is 46.7 Å². The molecule has 0 aromatic rings. The van der Waals surface area contributed by atoms with Gasteiger partial charge in [-0.15, -0.1) is 24.0 Å². The number of rotatable bonds is 12. The summed E-state index contributed by atoms with van der Waals surface area (Å²) in [7, 11) is 7.77. The van der Waals surface area contributed by atoms with Crippen molar-refractivity contribution in [3.8, 4) is 0 Å². The van der Waals surface area contributed by atoms with Crippen LogP contribution in [-0.4, -0.2) is 102 Å². The minimum Gasteiger partial charge on any atom is -0.385 e. The first-order chi connectivity index (χ1) is 12.6. The molecule has 1 fully saturated rings. The summed E-state index contributed by atoms with van der Waals surface area (Å²) in [6, 6.07) is 0. The third-order valence-electron chi connectivity index (χ3n) is 4.59. The Morgan fingerprint density at radius 1 is 1.26 bits per heavy atom. The first-order valence-electron chi connectivity index (χ1n) is 9.93. The third-order valence-corrected chi connectivity index (χ3v) is 4.59. The maximum atomic E-state index is 5.94. The van der Waals surface area contributed by atoms with Crippen LogP contribution in [0.15, 0.2) is 4.99 Å². The van der Waals surface area contributed by atoms with E-state index in [1.165, 1.54) is 0 Å². The largest absolute Gasteiger partial charge is 0.385 e. The van der Waals surface area contributed by atoms with E-state index in [2.05, 4.69) is 41.1 Å². The average Bonchev–Trinajstić information content (AvgIpc) is 2.64. The van der Waals surface area contributed by atoms with Gasteiger partial charge in [0, 0.05) is 60.2 Å². The fraction of sp³-hybridized carbons (Fsp3) is 0.947. The van der Waals surface area contributed by atoms with Gasteiger partial charge in [-0.25, -0.2) is 0 Å². The molecule has 8 heteroatoms. The number of halogens is 1. The predicted octanol–water partition coefficient (Wildman–Crippen LogP) is 2.05. The summed E-state index contributed by atoms with van der Waals surface area (Å²) in [5, 5.41) is 3.50. The van der Waals surface area contributed by atoms with Crippen LogP contribution in [-0.2, 0) is 14.2 Å². The smallest absolute Gasteiger partial charge is 0.193 e. The van der Waals surface area contributed by atoms with Gasteiger partial charge in [0.05, 0.1) is 12.2 Å². The van der Waals surface area contributed by atoms with Crippen molar-refractivity contribution in [2.75, 3.05) is 74.3 Å². The van der Waals surface area contributed by atoms with Gasteiger partial charge < -0.3 is 29.3 Å². The lowest BCUT2D eigenvalue weighted by atomic mass is 10.1. The number of hydrogen-bond acceptors (Lipinski definition) is 5. The van der Waals surface area contributed by atoms with E-state index in [1.807, 2.05) is 7.05 Å². The van der Waals surface area contributed by atoms with E-state index in [-0.39, 0.29) is 30.1 Å². The van der Waals surface area contributed by atoms with Crippen molar-refractivity contribution in [2.24, 2.45) is 4.99 Å². The van der Waals surface area contributed by atoms with E-state index >= 15 is 0 Å². The molecule has 1 N–H and O–H groups in total. The van der Waals surface area contributed by atoms with Crippen LogP contribution in [0.4, 0.5) is 0 Å². The van der Waals surface area contributed by atoms with Crippen LogP contribution in [0.2, 0.25) is 0 Å². The molecular formula is C19H41IN4O3. The molecule has 0 radical (unpaired) electrons. The second kappa shape index (κ2) is 16.8. The zero-order valence-corrected chi connectivity index (χ0v) is 20.2. The summed E-state index contributed by atoms with van der Waals surface area (Å²) in [6.45, 7) is 8.12. The van der Waals surface area contributed by atoms with Gasteiger partial charge in [0.15, 0.2) is 5.96 Å². The highest BCUT2D eigenvalue weighted by Gasteiger charge is 2.22. The highest BCUT2D eigenvalue weighted by Crippen LogP contribution is 2.14. The predicted molar refractivity (Wildman–Crippen MR) is 122 cm³/mol. The average molecular weight is 500 g/mol. The Morgan fingerprint density at radius 2 is 1.96 bits per heavy atom. The van der Waals surface area contributed by atoms with E-state index in [0.717, 1.165) is 77.6 Å². The van der Waals surface area contributed by atoms with Crippen LogP contribution < -0.4 is 5.32 Å². The molecule has 0 aromatic carbocycles. The highest BCUT2D eigenvalue weighted by molar-refractivity contribution is 14.0. The summed E-state index contributed by atoms with van der Waals surface area (Å²) in [5.41, 5.74) is 0. The molecular weight excluding hydrogens is 459 g/mol. The Balaban J connectivity index is 0.00000676. The molecule has 0 aromatic heterocycles. The van der Waals surface area contributed by atoms with Crippen molar-refractivity contribution >= 4 is 29.9 Å². The molecule has 0 spiro atoms. The topological polar surface area (TPSA) is 58.6 Å². The van der Waals surface area contributed by atoms with E-state index in [9.17, 15) is 0 Å². The molecule has 1 atom stereocenters. The lowest BCUT2D eigenvalue weighted by Gasteiger charge is -2.34. The van der Waals surface area contributed by atoms with Gasteiger partial charge >= 0.3 is 0 Å². The number of piperidine rings is 1. The minimum atomic E-state index is 0. The quantitative estimate of drug-likeness (QED) is 0.192. The molecule has 1 heterocycles. The molecule has 0 saturated carbocycles. The lowest BCUT2D eigenvalue weighted by Crippen LogP contribution is -2.49. The normalized spacial score (nSPS) is 17.1. The van der Waals surface area contributed by atoms with Gasteiger partial charge in [-0.3, -0.25) is 4.99 Å². The third kappa shape index (κ3) is 12.1. The fourth-order valence-electron chi connectivity index (χ4n) is 3.11. The van der Waals surface area contributed by atoms with Crippen molar-refractivity contribution in [1.82, 2.24) is 15.1 Å². The Labute approximate surface area is 183 Å². The zero-order chi connectivity index (χ0) is 19.2. The monoisotopic (exact) mass is 500 g/mol. The second-order valence-electron chi connectivity index (χ2n) is 7.00. The van der Waals surface area contributed by atoms with E-state index in [4.69, 9.17) is 14.2 Å². The van der Waals surface area contributed by atoms with Gasteiger partial charge in [0.1, 0.15) is 0 Å². The van der Waals surface area contributed by atoms with Crippen LogP contribution in [0.3, 0.4) is 0 Å². The summed E-state index contributed by atoms with van der Waals surface area (Å²) in [6.07, 6.45) is 4.64. The second-order valence-corrected chi connectivity index (χ2v) is 7.00. The molecule has 1 aliphatic rings.